The number of rotatable bonds is 4. The summed E-state index contributed by atoms with van der Waals surface area (Å²) in [6.07, 6.45) is 4.28. The third-order valence-corrected chi connectivity index (χ3v) is 6.21. The van der Waals surface area contributed by atoms with Crippen molar-refractivity contribution in [3.8, 4) is 0 Å². The summed E-state index contributed by atoms with van der Waals surface area (Å²) in [5, 5.41) is 6.74. The molecule has 170 valence electrons. The number of hydrogen-bond donors (Lipinski definition) is 2. The fraction of sp³-hybridized carbons (Fsp3) is 0.500. The lowest BCUT2D eigenvalue weighted by atomic mass is 9.72. The van der Waals surface area contributed by atoms with Crippen LogP contribution in [0.4, 0.5) is 9.59 Å². The van der Waals surface area contributed by atoms with Gasteiger partial charge in [0.1, 0.15) is 11.1 Å². The van der Waals surface area contributed by atoms with Crippen molar-refractivity contribution in [2.24, 2.45) is 5.92 Å². The Bertz CT molecular complexity index is 1040. The molecule has 1 saturated heterocycles. The van der Waals surface area contributed by atoms with Crippen LogP contribution in [0.25, 0.3) is 10.9 Å². The maximum absolute atomic E-state index is 13.6. The van der Waals surface area contributed by atoms with Crippen LogP contribution < -0.4 is 10.6 Å². The van der Waals surface area contributed by atoms with E-state index in [2.05, 4.69) is 15.6 Å². The number of fused-ring (bicyclic) bond motifs is 1. The summed E-state index contributed by atoms with van der Waals surface area (Å²) in [5.41, 5.74) is 0.00317. The van der Waals surface area contributed by atoms with Gasteiger partial charge in [-0.05, 0) is 45.2 Å². The van der Waals surface area contributed by atoms with Gasteiger partial charge in [0.15, 0.2) is 0 Å². The average molecular weight is 439 g/mol. The molecular formula is C24H30N4O4. The Kier molecular flexibility index (Phi) is 5.79. The molecule has 1 aromatic heterocycles. The molecule has 0 bridgehead atoms. The molecular weight excluding hydrogens is 408 g/mol. The summed E-state index contributed by atoms with van der Waals surface area (Å²) < 4.78 is 5.33. The Morgan fingerprint density at radius 3 is 2.81 bits per heavy atom. The van der Waals surface area contributed by atoms with Gasteiger partial charge in [0.25, 0.3) is 5.91 Å². The lowest BCUT2D eigenvalue weighted by Gasteiger charge is -2.39. The number of urea groups is 1. The highest BCUT2D eigenvalue weighted by Gasteiger charge is 2.56. The van der Waals surface area contributed by atoms with Gasteiger partial charge in [-0.15, -0.1) is 0 Å². The smallest absolute Gasteiger partial charge is 0.407 e. The van der Waals surface area contributed by atoms with Crippen molar-refractivity contribution in [2.75, 3.05) is 6.54 Å². The molecule has 2 fully saturated rings. The molecule has 2 N–H and O–H groups in total. The van der Waals surface area contributed by atoms with Crippen LogP contribution in [-0.2, 0) is 16.1 Å². The van der Waals surface area contributed by atoms with Crippen LogP contribution in [0.3, 0.4) is 0 Å². The summed E-state index contributed by atoms with van der Waals surface area (Å²) in [4.78, 5) is 44.4. The van der Waals surface area contributed by atoms with Crippen LogP contribution in [0.2, 0.25) is 0 Å². The minimum absolute atomic E-state index is 0.160. The Labute approximate surface area is 187 Å². The number of nitrogens with zero attached hydrogens (tertiary/aromatic N) is 2. The van der Waals surface area contributed by atoms with Crippen molar-refractivity contribution in [3.63, 3.8) is 0 Å². The van der Waals surface area contributed by atoms with E-state index in [9.17, 15) is 14.4 Å². The second kappa shape index (κ2) is 8.41. The number of imide groups is 1. The maximum atomic E-state index is 13.6. The number of hydrogen-bond acceptors (Lipinski definition) is 5. The molecule has 2 heterocycles. The van der Waals surface area contributed by atoms with Crippen LogP contribution in [-0.4, -0.2) is 45.6 Å². The van der Waals surface area contributed by atoms with Crippen molar-refractivity contribution < 1.29 is 19.1 Å². The number of alkyl carbamates (subject to hydrolysis) is 1. The first-order chi connectivity index (χ1) is 15.2. The van der Waals surface area contributed by atoms with Gasteiger partial charge in [0.05, 0.1) is 12.1 Å². The van der Waals surface area contributed by atoms with E-state index in [0.717, 1.165) is 35.7 Å². The minimum atomic E-state index is -0.998. The van der Waals surface area contributed by atoms with Crippen LogP contribution in [0.15, 0.2) is 36.5 Å². The van der Waals surface area contributed by atoms with Crippen molar-refractivity contribution in [1.82, 2.24) is 20.5 Å². The Hall–Kier alpha value is -3.16. The van der Waals surface area contributed by atoms with Crippen molar-refractivity contribution in [3.05, 3.63) is 42.1 Å². The number of para-hydroxylation sites is 1. The number of carbonyl (C=O) groups excluding carboxylic acids is 3. The second-order valence-electron chi connectivity index (χ2n) is 9.61. The zero-order valence-corrected chi connectivity index (χ0v) is 18.8. The zero-order chi connectivity index (χ0) is 22.9. The molecule has 2 aliphatic rings. The van der Waals surface area contributed by atoms with Gasteiger partial charge in [0.2, 0.25) is 0 Å². The van der Waals surface area contributed by atoms with Crippen LogP contribution >= 0.6 is 0 Å². The predicted molar refractivity (Wildman–Crippen MR) is 120 cm³/mol. The number of benzene rings is 1. The van der Waals surface area contributed by atoms with Gasteiger partial charge in [-0.1, -0.05) is 37.1 Å². The van der Waals surface area contributed by atoms with Crippen LogP contribution in [0, 0.1) is 5.92 Å². The van der Waals surface area contributed by atoms with Crippen molar-refractivity contribution >= 4 is 28.9 Å². The molecule has 4 amide bonds. The summed E-state index contributed by atoms with van der Waals surface area (Å²) in [7, 11) is 0. The highest BCUT2D eigenvalue weighted by Crippen LogP contribution is 2.39. The van der Waals surface area contributed by atoms with E-state index in [-0.39, 0.29) is 24.9 Å². The normalized spacial score (nSPS) is 23.5. The molecule has 2 atom stereocenters. The van der Waals surface area contributed by atoms with E-state index < -0.39 is 23.3 Å². The quantitative estimate of drug-likeness (QED) is 0.709. The van der Waals surface area contributed by atoms with E-state index in [0.29, 0.717) is 6.42 Å². The topological polar surface area (TPSA) is 101 Å². The molecule has 0 radical (unpaired) electrons. The van der Waals surface area contributed by atoms with Crippen LogP contribution in [0.1, 0.15) is 52.0 Å². The third kappa shape index (κ3) is 4.26. The lowest BCUT2D eigenvalue weighted by Crippen LogP contribution is -2.57. The molecule has 1 aliphatic heterocycles. The number of ether oxygens (including phenoxy) is 1. The summed E-state index contributed by atoms with van der Waals surface area (Å²) in [6, 6.07) is 9.17. The minimum Gasteiger partial charge on any atom is -0.444 e. The summed E-state index contributed by atoms with van der Waals surface area (Å²) in [5.74, 6) is -0.429. The molecule has 8 heteroatoms. The lowest BCUT2D eigenvalue weighted by molar-refractivity contribution is -0.134. The largest absolute Gasteiger partial charge is 0.444 e. The van der Waals surface area contributed by atoms with Crippen molar-refractivity contribution in [1.29, 1.82) is 0 Å². The van der Waals surface area contributed by atoms with E-state index in [4.69, 9.17) is 4.74 Å². The van der Waals surface area contributed by atoms with Gasteiger partial charge in [0, 0.05) is 24.0 Å². The molecule has 1 aliphatic carbocycles. The first kappa shape index (κ1) is 22.0. The number of aromatic nitrogens is 1. The highest BCUT2D eigenvalue weighted by atomic mass is 16.6. The fourth-order valence-corrected chi connectivity index (χ4v) is 4.74. The molecule has 8 nitrogen and oxygen atoms in total. The third-order valence-electron chi connectivity index (χ3n) is 6.21. The van der Waals surface area contributed by atoms with Crippen LogP contribution in [0.5, 0.6) is 0 Å². The van der Waals surface area contributed by atoms with Gasteiger partial charge in [-0.25, -0.2) is 9.59 Å². The highest BCUT2D eigenvalue weighted by molar-refractivity contribution is 6.07. The zero-order valence-electron chi connectivity index (χ0n) is 18.8. The Balaban J connectivity index is 1.53. The van der Waals surface area contributed by atoms with Gasteiger partial charge < -0.3 is 15.4 Å². The standard InChI is InChI=1S/C24H30N4O4/c1-23(2,3)32-22(31)26-14-18-11-4-5-12-24(18)20(29)28(21(30)27-24)15-17-9-6-8-16-10-7-13-25-19(16)17/h6-10,13,18H,4-5,11-12,14-15H2,1-3H3,(H,26,31)(H,27,30)/t18-,24+/m0/s1. The molecule has 4 rings (SSSR count). The van der Waals surface area contributed by atoms with Crippen molar-refractivity contribution in [2.45, 2.75) is 64.1 Å². The molecule has 2 aromatic rings. The molecule has 1 saturated carbocycles. The number of nitrogens with one attached hydrogen (secondary N) is 2. The molecule has 1 aromatic carbocycles. The monoisotopic (exact) mass is 438 g/mol. The molecule has 0 unspecified atom stereocenters. The first-order valence-electron chi connectivity index (χ1n) is 11.1. The van der Waals surface area contributed by atoms with E-state index >= 15 is 0 Å². The van der Waals surface area contributed by atoms with E-state index in [1.54, 1.807) is 27.0 Å². The summed E-state index contributed by atoms with van der Waals surface area (Å²) in [6.45, 7) is 5.83. The van der Waals surface area contributed by atoms with E-state index in [1.165, 1.54) is 4.90 Å². The van der Waals surface area contributed by atoms with Gasteiger partial charge >= 0.3 is 12.1 Å². The number of amides is 4. The summed E-state index contributed by atoms with van der Waals surface area (Å²) >= 11 is 0. The average Bonchev–Trinajstić information content (AvgIpc) is 2.97. The van der Waals surface area contributed by atoms with Gasteiger partial charge in [-0.3, -0.25) is 14.7 Å². The van der Waals surface area contributed by atoms with Gasteiger partial charge in [-0.2, -0.15) is 0 Å². The second-order valence-corrected chi connectivity index (χ2v) is 9.61. The van der Waals surface area contributed by atoms with E-state index in [1.807, 2.05) is 30.3 Å². The SMILES string of the molecule is CC(C)(C)OC(=O)NC[C@@H]1CCCC[C@@]12NC(=O)N(Cc1cccc3cccnc13)C2=O. The number of carbonyl (C=O) groups is 3. The molecule has 32 heavy (non-hydrogen) atoms. The molecule has 1 spiro atoms. The predicted octanol–water partition coefficient (Wildman–Crippen LogP) is 3.74. The fourth-order valence-electron chi connectivity index (χ4n) is 4.74. The maximum Gasteiger partial charge on any atom is 0.407 e. The Morgan fingerprint density at radius 2 is 2.03 bits per heavy atom. The first-order valence-corrected chi connectivity index (χ1v) is 11.1. The Morgan fingerprint density at radius 1 is 1.25 bits per heavy atom. The number of pyridine rings is 1.